The lowest BCUT2D eigenvalue weighted by Crippen LogP contribution is -2.49. The Morgan fingerprint density at radius 1 is 1.33 bits per heavy atom. The molecule has 0 heterocycles. The van der Waals surface area contributed by atoms with Crippen molar-refractivity contribution in [3.63, 3.8) is 0 Å². The summed E-state index contributed by atoms with van der Waals surface area (Å²) in [5.41, 5.74) is -0.987. The number of sulfonamides is 1. The van der Waals surface area contributed by atoms with Crippen LogP contribution in [0.4, 0.5) is 8.78 Å². The standard InChI is InChI=1S/C11H14ClF2NO2S/c1-7(12)11(2,3)15-18(16,17)10-6-8(13)4-5-9(10)14/h4-7,15H,1-3H3. The van der Waals surface area contributed by atoms with Gasteiger partial charge in [0.1, 0.15) is 16.5 Å². The molecule has 1 unspecified atom stereocenters. The maximum absolute atomic E-state index is 13.4. The Bertz CT molecular complexity index is 544. The van der Waals surface area contributed by atoms with Gasteiger partial charge in [0, 0.05) is 10.9 Å². The van der Waals surface area contributed by atoms with E-state index in [1.165, 1.54) is 0 Å². The molecule has 0 aliphatic carbocycles. The summed E-state index contributed by atoms with van der Waals surface area (Å²) in [5.74, 6) is -1.84. The summed E-state index contributed by atoms with van der Waals surface area (Å²) >= 11 is 5.84. The SMILES string of the molecule is CC(Cl)C(C)(C)NS(=O)(=O)c1cc(F)ccc1F. The normalized spacial score (nSPS) is 14.6. The first-order valence-electron chi connectivity index (χ1n) is 5.19. The van der Waals surface area contributed by atoms with E-state index in [0.29, 0.717) is 6.07 Å². The molecule has 0 fully saturated rings. The molecular weight excluding hydrogens is 284 g/mol. The van der Waals surface area contributed by atoms with Crippen LogP contribution in [0, 0.1) is 11.6 Å². The molecule has 1 rings (SSSR count). The van der Waals surface area contributed by atoms with Crippen molar-refractivity contribution in [2.24, 2.45) is 0 Å². The lowest BCUT2D eigenvalue weighted by atomic mass is 10.0. The van der Waals surface area contributed by atoms with E-state index in [1.807, 2.05) is 0 Å². The summed E-state index contributed by atoms with van der Waals surface area (Å²) in [6.45, 7) is 4.71. The van der Waals surface area contributed by atoms with E-state index in [1.54, 1.807) is 20.8 Å². The Morgan fingerprint density at radius 3 is 2.39 bits per heavy atom. The minimum absolute atomic E-state index is 0.524. The summed E-state index contributed by atoms with van der Waals surface area (Å²) in [5, 5.41) is -0.524. The van der Waals surface area contributed by atoms with Crippen molar-refractivity contribution in [2.45, 2.75) is 36.6 Å². The minimum Gasteiger partial charge on any atom is -0.207 e. The van der Waals surface area contributed by atoms with Crippen molar-refractivity contribution in [2.75, 3.05) is 0 Å². The van der Waals surface area contributed by atoms with Gasteiger partial charge in [-0.25, -0.2) is 21.9 Å². The second kappa shape index (κ2) is 5.11. The van der Waals surface area contributed by atoms with Crippen LogP contribution < -0.4 is 4.72 Å². The van der Waals surface area contributed by atoms with Crippen LogP contribution in [-0.4, -0.2) is 19.3 Å². The second-order valence-electron chi connectivity index (χ2n) is 4.52. The number of rotatable bonds is 4. The fourth-order valence-corrected chi connectivity index (χ4v) is 2.86. The van der Waals surface area contributed by atoms with Gasteiger partial charge in [-0.3, -0.25) is 0 Å². The van der Waals surface area contributed by atoms with Crippen LogP contribution in [0.5, 0.6) is 0 Å². The monoisotopic (exact) mass is 297 g/mol. The molecule has 0 saturated carbocycles. The predicted molar refractivity (Wildman–Crippen MR) is 66.1 cm³/mol. The van der Waals surface area contributed by atoms with E-state index in [9.17, 15) is 17.2 Å². The molecule has 7 heteroatoms. The molecule has 102 valence electrons. The zero-order valence-corrected chi connectivity index (χ0v) is 11.7. The van der Waals surface area contributed by atoms with Crippen LogP contribution in [0.25, 0.3) is 0 Å². The third-order valence-electron chi connectivity index (χ3n) is 2.57. The Hall–Kier alpha value is -0.720. The highest BCUT2D eigenvalue weighted by Crippen LogP contribution is 2.21. The summed E-state index contributed by atoms with van der Waals surface area (Å²) < 4.78 is 52.6. The van der Waals surface area contributed by atoms with Crippen molar-refractivity contribution in [3.05, 3.63) is 29.8 Å². The molecule has 0 bridgehead atoms. The average Bonchev–Trinajstić information content (AvgIpc) is 2.19. The van der Waals surface area contributed by atoms with Crippen molar-refractivity contribution in [1.29, 1.82) is 0 Å². The average molecular weight is 298 g/mol. The molecule has 1 aromatic carbocycles. The number of hydrogen-bond donors (Lipinski definition) is 1. The van der Waals surface area contributed by atoms with E-state index < -0.39 is 37.5 Å². The zero-order valence-electron chi connectivity index (χ0n) is 10.2. The molecule has 0 aromatic heterocycles. The van der Waals surface area contributed by atoms with Crippen molar-refractivity contribution >= 4 is 21.6 Å². The molecule has 3 nitrogen and oxygen atoms in total. The van der Waals surface area contributed by atoms with E-state index in [2.05, 4.69) is 4.72 Å². The van der Waals surface area contributed by atoms with Gasteiger partial charge < -0.3 is 0 Å². The van der Waals surface area contributed by atoms with Crippen LogP contribution >= 0.6 is 11.6 Å². The molecule has 0 saturated heterocycles. The lowest BCUT2D eigenvalue weighted by molar-refractivity contribution is 0.442. The molecule has 1 atom stereocenters. The summed E-state index contributed by atoms with van der Waals surface area (Å²) in [4.78, 5) is -0.729. The molecule has 18 heavy (non-hydrogen) atoms. The molecule has 0 amide bonds. The van der Waals surface area contributed by atoms with Gasteiger partial charge in [-0.2, -0.15) is 0 Å². The predicted octanol–water partition coefficient (Wildman–Crippen LogP) is 2.65. The Balaban J connectivity index is 3.19. The quantitative estimate of drug-likeness (QED) is 0.869. The Kier molecular flexibility index (Phi) is 4.35. The van der Waals surface area contributed by atoms with Crippen LogP contribution in [0.3, 0.4) is 0 Å². The third kappa shape index (κ3) is 3.40. The van der Waals surface area contributed by atoms with Crippen LogP contribution in [0.2, 0.25) is 0 Å². The Labute approximate surface area is 110 Å². The van der Waals surface area contributed by atoms with Gasteiger partial charge in [-0.1, -0.05) is 0 Å². The van der Waals surface area contributed by atoms with Crippen molar-refractivity contribution in [3.8, 4) is 0 Å². The first-order chi connectivity index (χ1) is 8.06. The van der Waals surface area contributed by atoms with Crippen LogP contribution in [0.15, 0.2) is 23.1 Å². The van der Waals surface area contributed by atoms with Gasteiger partial charge >= 0.3 is 0 Å². The minimum atomic E-state index is -4.17. The molecule has 0 aliphatic heterocycles. The van der Waals surface area contributed by atoms with Gasteiger partial charge in [0.05, 0.1) is 0 Å². The largest absolute Gasteiger partial charge is 0.244 e. The molecule has 0 radical (unpaired) electrons. The van der Waals surface area contributed by atoms with Gasteiger partial charge in [0.2, 0.25) is 10.0 Å². The number of nitrogens with one attached hydrogen (secondary N) is 1. The first-order valence-corrected chi connectivity index (χ1v) is 7.11. The number of hydrogen-bond acceptors (Lipinski definition) is 2. The molecular formula is C11H14ClF2NO2S. The number of alkyl halides is 1. The molecule has 0 spiro atoms. The van der Waals surface area contributed by atoms with Gasteiger partial charge in [0.15, 0.2) is 0 Å². The highest BCUT2D eigenvalue weighted by molar-refractivity contribution is 7.89. The number of halogens is 3. The maximum Gasteiger partial charge on any atom is 0.244 e. The second-order valence-corrected chi connectivity index (χ2v) is 6.82. The van der Waals surface area contributed by atoms with Crippen LogP contribution in [-0.2, 0) is 10.0 Å². The van der Waals surface area contributed by atoms with E-state index in [0.717, 1.165) is 12.1 Å². The van der Waals surface area contributed by atoms with E-state index >= 15 is 0 Å². The fourth-order valence-electron chi connectivity index (χ4n) is 1.17. The van der Waals surface area contributed by atoms with Crippen molar-refractivity contribution in [1.82, 2.24) is 4.72 Å². The highest BCUT2D eigenvalue weighted by Gasteiger charge is 2.32. The molecule has 1 aromatic rings. The topological polar surface area (TPSA) is 46.2 Å². The van der Waals surface area contributed by atoms with Gasteiger partial charge in [-0.05, 0) is 39.0 Å². The molecule has 1 N–H and O–H groups in total. The summed E-state index contributed by atoms with van der Waals surface area (Å²) in [7, 11) is -4.17. The lowest BCUT2D eigenvalue weighted by Gasteiger charge is -2.28. The maximum atomic E-state index is 13.4. The van der Waals surface area contributed by atoms with Crippen LogP contribution in [0.1, 0.15) is 20.8 Å². The van der Waals surface area contributed by atoms with Crippen molar-refractivity contribution < 1.29 is 17.2 Å². The van der Waals surface area contributed by atoms with E-state index in [-0.39, 0.29) is 0 Å². The zero-order chi connectivity index (χ0) is 14.1. The summed E-state index contributed by atoms with van der Waals surface area (Å²) in [6.07, 6.45) is 0. The number of benzene rings is 1. The first kappa shape index (κ1) is 15.3. The fraction of sp³-hybridized carbons (Fsp3) is 0.455. The molecule has 0 aliphatic rings. The summed E-state index contributed by atoms with van der Waals surface area (Å²) in [6, 6.07) is 2.25. The highest BCUT2D eigenvalue weighted by atomic mass is 35.5. The van der Waals surface area contributed by atoms with E-state index in [4.69, 9.17) is 11.6 Å². The van der Waals surface area contributed by atoms with Gasteiger partial charge in [0.25, 0.3) is 0 Å². The smallest absolute Gasteiger partial charge is 0.207 e. The Morgan fingerprint density at radius 2 is 1.89 bits per heavy atom. The van der Waals surface area contributed by atoms with Gasteiger partial charge in [-0.15, -0.1) is 11.6 Å². The third-order valence-corrected chi connectivity index (χ3v) is 4.81.